The van der Waals surface area contributed by atoms with Crippen LogP contribution < -0.4 is 5.73 Å². The molecule has 1 aliphatic rings. The van der Waals surface area contributed by atoms with Gasteiger partial charge in [-0.3, -0.25) is 14.9 Å². The number of para-hydroxylation sites is 1. The monoisotopic (exact) mass is 332 g/mol. The van der Waals surface area contributed by atoms with Crippen molar-refractivity contribution in [1.82, 2.24) is 14.9 Å². The summed E-state index contributed by atoms with van der Waals surface area (Å²) in [7, 11) is 0. The fourth-order valence-corrected chi connectivity index (χ4v) is 3.62. The number of aryl methyl sites for hydroxylation is 1. The first-order chi connectivity index (χ1) is 12.1. The Morgan fingerprint density at radius 2 is 2.16 bits per heavy atom. The molecular formula is C20H20N4O. The summed E-state index contributed by atoms with van der Waals surface area (Å²) >= 11 is 0. The van der Waals surface area contributed by atoms with Crippen LogP contribution >= 0.6 is 0 Å². The molecule has 0 fully saturated rings. The van der Waals surface area contributed by atoms with Gasteiger partial charge in [0.25, 0.3) is 0 Å². The smallest absolute Gasteiger partial charge is 0.141 e. The summed E-state index contributed by atoms with van der Waals surface area (Å²) in [5.74, 6) is 0. The van der Waals surface area contributed by atoms with Crippen LogP contribution in [0.2, 0.25) is 0 Å². The maximum Gasteiger partial charge on any atom is 0.141 e. The fourth-order valence-electron chi connectivity index (χ4n) is 3.62. The number of rotatable bonds is 3. The molecule has 126 valence electrons. The molecule has 0 radical (unpaired) electrons. The Labute approximate surface area is 146 Å². The van der Waals surface area contributed by atoms with Gasteiger partial charge in [-0.15, -0.1) is 0 Å². The first kappa shape index (κ1) is 15.7. The van der Waals surface area contributed by atoms with Crippen molar-refractivity contribution in [3.63, 3.8) is 0 Å². The summed E-state index contributed by atoms with van der Waals surface area (Å²) in [6.07, 6.45) is 2.83. The number of nitrogen functional groups attached to an aromatic ring is 1. The van der Waals surface area contributed by atoms with E-state index >= 15 is 0 Å². The summed E-state index contributed by atoms with van der Waals surface area (Å²) in [4.78, 5) is 23.0. The summed E-state index contributed by atoms with van der Waals surface area (Å²) in [5, 5.41) is 0.890. The first-order valence-electron chi connectivity index (χ1n) is 8.47. The predicted molar refractivity (Wildman–Crippen MR) is 99.0 cm³/mol. The van der Waals surface area contributed by atoms with Crippen LogP contribution in [-0.4, -0.2) is 27.7 Å². The van der Waals surface area contributed by atoms with E-state index in [2.05, 4.69) is 16.0 Å². The minimum atomic E-state index is -0.304. The average Bonchev–Trinajstić information content (AvgIpc) is 3.00. The number of carbonyl (C=O) groups is 1. The van der Waals surface area contributed by atoms with Crippen molar-refractivity contribution >= 4 is 22.9 Å². The molecule has 0 saturated carbocycles. The Hall–Kier alpha value is -2.79. The van der Waals surface area contributed by atoms with E-state index in [9.17, 15) is 4.79 Å². The standard InChI is InChI=1S/C20H20N4O/c1-3-24-10-16-18(17(24)11-25)19(21)15-6-4-5-14(20(15)23-16)13-8-7-12(2)22-9-13/h4-9,11,17H,3,10H2,1-2H3,(H2,21,23). The Morgan fingerprint density at radius 3 is 2.84 bits per heavy atom. The van der Waals surface area contributed by atoms with Gasteiger partial charge in [0.1, 0.15) is 6.29 Å². The van der Waals surface area contributed by atoms with Crippen molar-refractivity contribution in [1.29, 1.82) is 0 Å². The van der Waals surface area contributed by atoms with Crippen molar-refractivity contribution in [2.75, 3.05) is 12.3 Å². The van der Waals surface area contributed by atoms with E-state index in [4.69, 9.17) is 10.7 Å². The van der Waals surface area contributed by atoms with Crippen molar-refractivity contribution in [2.24, 2.45) is 0 Å². The zero-order valence-electron chi connectivity index (χ0n) is 14.4. The summed E-state index contributed by atoms with van der Waals surface area (Å²) < 4.78 is 0. The van der Waals surface area contributed by atoms with Crippen molar-refractivity contribution in [3.05, 3.63) is 53.5 Å². The Kier molecular flexibility index (Phi) is 3.73. The summed E-state index contributed by atoms with van der Waals surface area (Å²) in [5.41, 5.74) is 12.8. The lowest BCUT2D eigenvalue weighted by atomic mass is 9.98. The van der Waals surface area contributed by atoms with Gasteiger partial charge in [0.2, 0.25) is 0 Å². The number of aromatic nitrogens is 2. The number of anilines is 1. The zero-order valence-corrected chi connectivity index (χ0v) is 14.4. The van der Waals surface area contributed by atoms with Crippen molar-refractivity contribution in [3.8, 4) is 11.1 Å². The molecule has 4 rings (SSSR count). The van der Waals surface area contributed by atoms with Crippen LogP contribution in [0.3, 0.4) is 0 Å². The van der Waals surface area contributed by atoms with Crippen molar-refractivity contribution < 1.29 is 4.79 Å². The van der Waals surface area contributed by atoms with E-state index in [-0.39, 0.29) is 6.04 Å². The third-order valence-corrected chi connectivity index (χ3v) is 4.97. The SMILES string of the molecule is CCN1Cc2nc3c(-c4ccc(C)nc4)cccc3c(N)c2C1C=O. The highest BCUT2D eigenvalue weighted by atomic mass is 16.1. The molecule has 0 aliphatic carbocycles. The maximum atomic E-state index is 11.6. The van der Waals surface area contributed by atoms with Crippen LogP contribution in [0.25, 0.3) is 22.0 Å². The summed E-state index contributed by atoms with van der Waals surface area (Å²) in [6.45, 7) is 5.44. The van der Waals surface area contributed by atoms with Gasteiger partial charge in [-0.2, -0.15) is 0 Å². The normalized spacial score (nSPS) is 17.0. The molecule has 1 atom stereocenters. The van der Waals surface area contributed by atoms with Gasteiger partial charge in [-0.1, -0.05) is 31.2 Å². The van der Waals surface area contributed by atoms with E-state index < -0.39 is 0 Å². The molecule has 2 aromatic heterocycles. The number of nitrogens with zero attached hydrogens (tertiary/aromatic N) is 3. The fraction of sp³-hybridized carbons (Fsp3) is 0.250. The molecule has 1 unspecified atom stereocenters. The van der Waals surface area contributed by atoms with Gasteiger partial charge in [-0.25, -0.2) is 0 Å². The molecule has 25 heavy (non-hydrogen) atoms. The number of aldehydes is 1. The topological polar surface area (TPSA) is 72.1 Å². The van der Waals surface area contributed by atoms with E-state index in [0.717, 1.165) is 51.8 Å². The minimum absolute atomic E-state index is 0.304. The molecule has 0 spiro atoms. The van der Waals surface area contributed by atoms with E-state index in [0.29, 0.717) is 12.2 Å². The van der Waals surface area contributed by atoms with Gasteiger partial charge in [0.15, 0.2) is 0 Å². The molecular weight excluding hydrogens is 312 g/mol. The molecule has 1 aromatic carbocycles. The van der Waals surface area contributed by atoms with Crippen LogP contribution in [0, 0.1) is 6.92 Å². The second-order valence-electron chi connectivity index (χ2n) is 6.42. The Morgan fingerprint density at radius 1 is 1.32 bits per heavy atom. The summed E-state index contributed by atoms with van der Waals surface area (Å²) in [6, 6.07) is 9.73. The first-order valence-corrected chi connectivity index (χ1v) is 8.47. The van der Waals surface area contributed by atoms with Gasteiger partial charge in [0, 0.05) is 46.2 Å². The Balaban J connectivity index is 1.97. The van der Waals surface area contributed by atoms with Gasteiger partial charge in [0.05, 0.1) is 17.3 Å². The lowest BCUT2D eigenvalue weighted by molar-refractivity contribution is -0.112. The number of hydrogen-bond acceptors (Lipinski definition) is 5. The number of carbonyl (C=O) groups excluding carboxylic acids is 1. The van der Waals surface area contributed by atoms with E-state index in [1.807, 2.05) is 44.3 Å². The molecule has 0 amide bonds. The molecule has 2 N–H and O–H groups in total. The highest BCUT2D eigenvalue weighted by Crippen LogP contribution is 2.40. The van der Waals surface area contributed by atoms with E-state index in [1.165, 1.54) is 0 Å². The third-order valence-electron chi connectivity index (χ3n) is 4.97. The molecule has 5 nitrogen and oxygen atoms in total. The van der Waals surface area contributed by atoms with Crippen LogP contribution in [0.5, 0.6) is 0 Å². The maximum absolute atomic E-state index is 11.6. The molecule has 3 heterocycles. The van der Waals surface area contributed by atoms with Crippen molar-refractivity contribution in [2.45, 2.75) is 26.4 Å². The lowest BCUT2D eigenvalue weighted by Crippen LogP contribution is -2.22. The minimum Gasteiger partial charge on any atom is -0.398 e. The number of hydrogen-bond donors (Lipinski definition) is 1. The van der Waals surface area contributed by atoms with Crippen LogP contribution in [0.1, 0.15) is 29.9 Å². The highest BCUT2D eigenvalue weighted by molar-refractivity contribution is 6.01. The van der Waals surface area contributed by atoms with E-state index in [1.54, 1.807) is 0 Å². The molecule has 1 aliphatic heterocycles. The largest absolute Gasteiger partial charge is 0.398 e. The number of fused-ring (bicyclic) bond motifs is 2. The second kappa shape index (κ2) is 5.93. The number of nitrogens with two attached hydrogens (primary N) is 1. The zero-order chi connectivity index (χ0) is 17.6. The second-order valence-corrected chi connectivity index (χ2v) is 6.42. The van der Waals surface area contributed by atoms with Crippen LogP contribution in [0.4, 0.5) is 5.69 Å². The van der Waals surface area contributed by atoms with Gasteiger partial charge >= 0.3 is 0 Å². The average molecular weight is 332 g/mol. The van der Waals surface area contributed by atoms with Gasteiger partial charge < -0.3 is 10.5 Å². The van der Waals surface area contributed by atoms with Crippen LogP contribution in [0.15, 0.2) is 36.5 Å². The number of pyridine rings is 2. The third kappa shape index (κ3) is 2.39. The van der Waals surface area contributed by atoms with Gasteiger partial charge in [-0.05, 0) is 19.5 Å². The highest BCUT2D eigenvalue weighted by Gasteiger charge is 2.33. The molecule has 5 heteroatoms. The number of likely N-dealkylation sites (N-methyl/N-ethyl adjacent to an activating group) is 1. The Bertz CT molecular complexity index is 966. The molecule has 3 aromatic rings. The predicted octanol–water partition coefficient (Wildman–Crippen LogP) is 3.26. The van der Waals surface area contributed by atoms with Crippen LogP contribution in [-0.2, 0) is 11.3 Å². The molecule has 0 saturated heterocycles. The molecule has 0 bridgehead atoms. The quantitative estimate of drug-likeness (QED) is 0.745. The lowest BCUT2D eigenvalue weighted by Gasteiger charge is -2.18. The number of benzene rings is 1.